The van der Waals surface area contributed by atoms with Crippen LogP contribution in [0.3, 0.4) is 0 Å². The summed E-state index contributed by atoms with van der Waals surface area (Å²) in [6.45, 7) is 2.20. The molecule has 0 fully saturated rings. The van der Waals surface area contributed by atoms with Gasteiger partial charge in [0.05, 0.1) is 0 Å². The molecule has 4 atom stereocenters. The molecule has 15 heteroatoms. The number of carbonyl (C=O) groups excluding carboxylic acids is 3. The molecule has 1 aromatic rings. The lowest BCUT2D eigenvalue weighted by atomic mass is 9.94. The summed E-state index contributed by atoms with van der Waals surface area (Å²) in [6, 6.07) is 1.17. The molecule has 1 aromatic carbocycles. The van der Waals surface area contributed by atoms with Crippen molar-refractivity contribution in [3.63, 3.8) is 0 Å². The number of allylic oxidation sites excluding steroid dienone is 3. The molecule has 0 bridgehead atoms. The number of hydrogen-bond acceptors (Lipinski definition) is 8. The Morgan fingerprint density at radius 3 is 2.13 bits per heavy atom. The van der Waals surface area contributed by atoms with Crippen LogP contribution in [0.4, 0.5) is 9.59 Å². The number of phenols is 1. The fourth-order valence-electron chi connectivity index (χ4n) is 4.34. The van der Waals surface area contributed by atoms with E-state index in [1.54, 1.807) is 12.1 Å². The zero-order valence-electron chi connectivity index (χ0n) is 24.9. The van der Waals surface area contributed by atoms with Gasteiger partial charge in [-0.25, -0.2) is 19.2 Å². The minimum atomic E-state index is -1.52. The van der Waals surface area contributed by atoms with Crippen LogP contribution in [0, 0.1) is 5.92 Å². The number of carbonyl (C=O) groups is 6. The van der Waals surface area contributed by atoms with Crippen LogP contribution in [0.25, 0.3) is 0 Å². The van der Waals surface area contributed by atoms with Crippen LogP contribution in [-0.4, -0.2) is 87.6 Å². The van der Waals surface area contributed by atoms with Crippen LogP contribution in [0.1, 0.15) is 51.0 Å². The highest BCUT2D eigenvalue weighted by Crippen LogP contribution is 2.20. The summed E-state index contributed by atoms with van der Waals surface area (Å²) < 4.78 is 5.35. The smallest absolute Gasteiger partial charge is 0.408 e. The lowest BCUT2D eigenvalue weighted by Crippen LogP contribution is -2.51. The summed E-state index contributed by atoms with van der Waals surface area (Å²) in [6.07, 6.45) is 5.57. The minimum absolute atomic E-state index is 0.0440. The molecule has 8 N–H and O–H groups in total. The van der Waals surface area contributed by atoms with Crippen LogP contribution < -0.4 is 21.3 Å². The lowest BCUT2D eigenvalue weighted by molar-refractivity contribution is -0.140. The van der Waals surface area contributed by atoms with Crippen molar-refractivity contribution in [3.8, 4) is 5.75 Å². The maximum absolute atomic E-state index is 13.0. The van der Waals surface area contributed by atoms with Gasteiger partial charge in [0.15, 0.2) is 0 Å². The third-order valence-corrected chi connectivity index (χ3v) is 7.00. The van der Waals surface area contributed by atoms with E-state index in [4.69, 9.17) is 14.9 Å². The van der Waals surface area contributed by atoms with Crippen molar-refractivity contribution in [2.75, 3.05) is 13.2 Å². The summed E-state index contributed by atoms with van der Waals surface area (Å²) in [7, 11) is 0. The molecule has 0 aromatic heterocycles. The summed E-state index contributed by atoms with van der Waals surface area (Å²) in [5, 5.41) is 46.4. The Balaban J connectivity index is 1.87. The Kier molecular flexibility index (Phi) is 14.9. The number of amides is 4. The molecule has 45 heavy (non-hydrogen) atoms. The van der Waals surface area contributed by atoms with E-state index in [0.29, 0.717) is 12.0 Å². The fraction of sp³-hybridized carbons (Fsp3) is 0.467. The number of nitrogens with one attached hydrogen (secondary N) is 4. The first-order valence-corrected chi connectivity index (χ1v) is 14.4. The molecule has 1 aliphatic rings. The van der Waals surface area contributed by atoms with Gasteiger partial charge in [0.25, 0.3) is 0 Å². The predicted octanol–water partition coefficient (Wildman–Crippen LogP) is 1.91. The van der Waals surface area contributed by atoms with E-state index < -0.39 is 60.5 Å². The maximum atomic E-state index is 13.0. The number of hydrogen-bond donors (Lipinski definition) is 8. The van der Waals surface area contributed by atoms with Crippen LogP contribution in [0.5, 0.6) is 5.75 Å². The van der Waals surface area contributed by atoms with Gasteiger partial charge < -0.3 is 46.4 Å². The number of alkyl carbamates (subject to hydrolysis) is 1. The Hall–Kier alpha value is -5.08. The number of aliphatic carboxylic acids is 3. The largest absolute Gasteiger partial charge is 0.508 e. The number of ether oxygens (including phenoxy) is 1. The second-order valence-corrected chi connectivity index (χ2v) is 10.6. The zero-order chi connectivity index (χ0) is 33.4. The quantitative estimate of drug-likeness (QED) is 0.109. The molecule has 0 heterocycles. The number of unbranched alkanes of at least 4 members (excludes halogenated alkanes) is 1. The normalized spacial score (nSPS) is 15.8. The minimum Gasteiger partial charge on any atom is -0.508 e. The monoisotopic (exact) mass is 632 g/mol. The van der Waals surface area contributed by atoms with Crippen molar-refractivity contribution in [1.29, 1.82) is 0 Å². The number of urea groups is 1. The third kappa shape index (κ3) is 13.8. The van der Waals surface area contributed by atoms with Crippen LogP contribution in [0.15, 0.2) is 48.1 Å². The first-order valence-electron chi connectivity index (χ1n) is 14.4. The SMILES string of the molecule is CC1CC=CC=C1COC(=O)N[C@@H](Cc1ccc(O)cc1)C(=O)NCCCC[C@H](NC(=O)N[C@@H](CCC(=O)O)C(=O)O)C(=O)O. The Morgan fingerprint density at radius 1 is 0.889 bits per heavy atom. The number of carboxylic acid groups (broad SMARTS) is 3. The average Bonchev–Trinajstić information content (AvgIpc) is 2.98. The Morgan fingerprint density at radius 2 is 1.53 bits per heavy atom. The molecule has 15 nitrogen and oxygen atoms in total. The first-order chi connectivity index (χ1) is 21.3. The van der Waals surface area contributed by atoms with Gasteiger partial charge in [0.1, 0.15) is 30.5 Å². The summed E-state index contributed by atoms with van der Waals surface area (Å²) in [5.41, 5.74) is 1.61. The van der Waals surface area contributed by atoms with Crippen molar-refractivity contribution in [1.82, 2.24) is 21.3 Å². The van der Waals surface area contributed by atoms with E-state index in [1.807, 2.05) is 25.2 Å². The highest BCUT2D eigenvalue weighted by Gasteiger charge is 2.26. The highest BCUT2D eigenvalue weighted by atomic mass is 16.5. The second-order valence-electron chi connectivity index (χ2n) is 10.6. The van der Waals surface area contributed by atoms with Gasteiger partial charge in [0, 0.05) is 19.4 Å². The lowest BCUT2D eigenvalue weighted by Gasteiger charge is -2.21. The second kappa shape index (κ2) is 18.6. The summed E-state index contributed by atoms with van der Waals surface area (Å²) in [5.74, 6) is -4.33. The number of carboxylic acids is 3. The van der Waals surface area contributed by atoms with E-state index in [9.17, 15) is 39.0 Å². The van der Waals surface area contributed by atoms with Gasteiger partial charge in [-0.1, -0.05) is 37.3 Å². The summed E-state index contributed by atoms with van der Waals surface area (Å²) in [4.78, 5) is 71.3. The molecule has 0 saturated heterocycles. The van der Waals surface area contributed by atoms with E-state index in [2.05, 4.69) is 21.3 Å². The Bertz CT molecular complexity index is 1260. The van der Waals surface area contributed by atoms with Gasteiger partial charge in [-0.2, -0.15) is 0 Å². The molecule has 246 valence electrons. The fourth-order valence-corrected chi connectivity index (χ4v) is 4.34. The van der Waals surface area contributed by atoms with Gasteiger partial charge in [-0.05, 0) is 61.3 Å². The van der Waals surface area contributed by atoms with Crippen LogP contribution in [0.2, 0.25) is 0 Å². The average molecular weight is 633 g/mol. The molecule has 2 rings (SSSR count). The van der Waals surface area contributed by atoms with Gasteiger partial charge in [-0.3, -0.25) is 9.59 Å². The Labute approximate surface area is 259 Å². The van der Waals surface area contributed by atoms with E-state index in [0.717, 1.165) is 12.0 Å². The molecule has 0 radical (unpaired) electrons. The van der Waals surface area contributed by atoms with E-state index in [1.165, 1.54) is 12.1 Å². The number of rotatable bonds is 18. The molecule has 0 spiro atoms. The van der Waals surface area contributed by atoms with E-state index >= 15 is 0 Å². The van der Waals surface area contributed by atoms with Crippen LogP contribution >= 0.6 is 0 Å². The first kappa shape index (κ1) is 36.1. The molecular weight excluding hydrogens is 592 g/mol. The molecule has 1 unspecified atom stereocenters. The molecule has 1 aliphatic carbocycles. The summed E-state index contributed by atoms with van der Waals surface area (Å²) >= 11 is 0. The van der Waals surface area contributed by atoms with Crippen molar-refractivity contribution in [3.05, 3.63) is 53.6 Å². The van der Waals surface area contributed by atoms with Gasteiger partial charge >= 0.3 is 30.0 Å². The topological polar surface area (TPSA) is 241 Å². The van der Waals surface area contributed by atoms with Gasteiger partial charge in [0.2, 0.25) is 5.91 Å². The van der Waals surface area contributed by atoms with Crippen molar-refractivity contribution < 1.29 is 53.9 Å². The molecule has 4 amide bonds. The van der Waals surface area contributed by atoms with Crippen molar-refractivity contribution >= 4 is 35.9 Å². The highest BCUT2D eigenvalue weighted by molar-refractivity contribution is 5.87. The standard InChI is InChI=1S/C30H40N4O11/c1-18-6-2-3-7-20(18)17-45-30(44)34-24(16-19-9-11-21(35)12-10-19)26(38)31-15-5-4-8-22(27(39)40)32-29(43)33-23(28(41)42)13-14-25(36)37/h2-3,7,9-12,18,22-24,35H,4-6,8,13-17H2,1H3,(H,31,38)(H,34,44)(H,36,37)(H,39,40)(H,41,42)(H2,32,33,43)/t18?,22-,23-,24-/m0/s1. The van der Waals surface area contributed by atoms with Crippen molar-refractivity contribution in [2.24, 2.45) is 5.92 Å². The molecular formula is C30H40N4O11. The number of phenolic OH excluding ortho intramolecular Hbond substituents is 1. The number of aromatic hydroxyl groups is 1. The van der Waals surface area contributed by atoms with Crippen molar-refractivity contribution in [2.45, 2.75) is 70.0 Å². The predicted molar refractivity (Wildman–Crippen MR) is 159 cm³/mol. The third-order valence-electron chi connectivity index (χ3n) is 7.00. The van der Waals surface area contributed by atoms with Crippen LogP contribution in [-0.2, 0) is 30.3 Å². The van der Waals surface area contributed by atoms with E-state index in [-0.39, 0.29) is 50.5 Å². The zero-order valence-corrected chi connectivity index (χ0v) is 24.9. The van der Waals surface area contributed by atoms with Gasteiger partial charge in [-0.15, -0.1) is 0 Å². The number of benzene rings is 1. The molecule has 0 aliphatic heterocycles. The maximum Gasteiger partial charge on any atom is 0.408 e. The molecule has 0 saturated carbocycles.